The SMILES string of the molecule is CCCC1CCN(CCC(CN)OC)CC1. The van der Waals surface area contributed by atoms with Crippen LogP contribution in [0.4, 0.5) is 0 Å². The molecule has 3 nitrogen and oxygen atoms in total. The smallest absolute Gasteiger partial charge is 0.0705 e. The molecule has 0 aromatic heterocycles. The van der Waals surface area contributed by atoms with E-state index in [1.165, 1.54) is 38.8 Å². The lowest BCUT2D eigenvalue weighted by Gasteiger charge is -2.32. The van der Waals surface area contributed by atoms with Crippen molar-refractivity contribution >= 4 is 0 Å². The molecule has 16 heavy (non-hydrogen) atoms. The Morgan fingerprint density at radius 2 is 2.06 bits per heavy atom. The van der Waals surface area contributed by atoms with Gasteiger partial charge in [-0.1, -0.05) is 19.8 Å². The zero-order valence-electron chi connectivity index (χ0n) is 11.0. The fraction of sp³-hybridized carbons (Fsp3) is 1.00. The van der Waals surface area contributed by atoms with E-state index in [1.807, 2.05) is 0 Å². The minimum absolute atomic E-state index is 0.244. The summed E-state index contributed by atoms with van der Waals surface area (Å²) in [5.41, 5.74) is 5.62. The van der Waals surface area contributed by atoms with Gasteiger partial charge in [0.25, 0.3) is 0 Å². The van der Waals surface area contributed by atoms with Crippen molar-refractivity contribution in [2.45, 2.75) is 45.1 Å². The highest BCUT2D eigenvalue weighted by Crippen LogP contribution is 2.21. The molecule has 1 atom stereocenters. The van der Waals surface area contributed by atoms with E-state index in [9.17, 15) is 0 Å². The Labute approximate surface area is 100 Å². The van der Waals surface area contributed by atoms with Crippen LogP contribution in [0.3, 0.4) is 0 Å². The molecule has 1 unspecified atom stereocenters. The van der Waals surface area contributed by atoms with E-state index in [-0.39, 0.29) is 6.10 Å². The van der Waals surface area contributed by atoms with Crippen molar-refractivity contribution in [2.75, 3.05) is 33.3 Å². The van der Waals surface area contributed by atoms with Gasteiger partial charge in [-0.2, -0.15) is 0 Å². The van der Waals surface area contributed by atoms with Crippen LogP contribution in [0.1, 0.15) is 39.0 Å². The van der Waals surface area contributed by atoms with E-state index in [2.05, 4.69) is 11.8 Å². The lowest BCUT2D eigenvalue weighted by molar-refractivity contribution is 0.0819. The van der Waals surface area contributed by atoms with Crippen molar-refractivity contribution in [1.82, 2.24) is 4.90 Å². The minimum atomic E-state index is 0.244. The molecule has 1 fully saturated rings. The van der Waals surface area contributed by atoms with Crippen LogP contribution in [0, 0.1) is 5.92 Å². The molecule has 0 aromatic carbocycles. The molecule has 1 aliphatic rings. The number of piperidine rings is 1. The summed E-state index contributed by atoms with van der Waals surface area (Å²) in [7, 11) is 1.75. The largest absolute Gasteiger partial charge is 0.380 e. The van der Waals surface area contributed by atoms with Gasteiger partial charge in [-0.05, 0) is 38.3 Å². The highest BCUT2D eigenvalue weighted by molar-refractivity contribution is 4.73. The van der Waals surface area contributed by atoms with Crippen LogP contribution >= 0.6 is 0 Å². The summed E-state index contributed by atoms with van der Waals surface area (Å²) in [4.78, 5) is 2.56. The maximum atomic E-state index is 5.62. The summed E-state index contributed by atoms with van der Waals surface area (Å²) in [5, 5.41) is 0. The predicted octanol–water partition coefficient (Wildman–Crippen LogP) is 1.86. The third-order valence-corrected chi connectivity index (χ3v) is 3.77. The first-order valence-electron chi connectivity index (χ1n) is 6.75. The molecule has 96 valence electrons. The van der Waals surface area contributed by atoms with Gasteiger partial charge in [-0.15, -0.1) is 0 Å². The third kappa shape index (κ3) is 4.81. The van der Waals surface area contributed by atoms with Gasteiger partial charge in [0.1, 0.15) is 0 Å². The Hall–Kier alpha value is -0.120. The van der Waals surface area contributed by atoms with Crippen LogP contribution in [-0.2, 0) is 4.74 Å². The quantitative estimate of drug-likeness (QED) is 0.723. The zero-order valence-corrected chi connectivity index (χ0v) is 11.0. The summed E-state index contributed by atoms with van der Waals surface area (Å²) in [6, 6.07) is 0. The molecule has 0 spiro atoms. The summed E-state index contributed by atoms with van der Waals surface area (Å²) in [6.07, 6.45) is 6.84. The maximum absolute atomic E-state index is 5.62. The van der Waals surface area contributed by atoms with E-state index in [4.69, 9.17) is 10.5 Å². The monoisotopic (exact) mass is 228 g/mol. The van der Waals surface area contributed by atoms with Crippen LogP contribution in [-0.4, -0.2) is 44.3 Å². The summed E-state index contributed by atoms with van der Waals surface area (Å²) >= 11 is 0. The second-order valence-electron chi connectivity index (χ2n) is 4.96. The predicted molar refractivity (Wildman–Crippen MR) is 68.5 cm³/mol. The first kappa shape index (κ1) is 13.9. The molecule has 0 saturated carbocycles. The Balaban J connectivity index is 2.12. The molecule has 0 radical (unpaired) electrons. The topological polar surface area (TPSA) is 38.5 Å². The average molecular weight is 228 g/mol. The molecule has 1 rings (SSSR count). The van der Waals surface area contributed by atoms with E-state index >= 15 is 0 Å². The number of rotatable bonds is 7. The summed E-state index contributed by atoms with van der Waals surface area (Å²) in [6.45, 7) is 6.62. The number of ether oxygens (including phenoxy) is 1. The molecule has 0 bridgehead atoms. The standard InChI is InChI=1S/C13H28N2O/c1-3-4-12-5-8-15(9-6-12)10-7-13(11-14)16-2/h12-13H,3-11,14H2,1-2H3. The van der Waals surface area contributed by atoms with Gasteiger partial charge in [-0.3, -0.25) is 0 Å². The van der Waals surface area contributed by atoms with Gasteiger partial charge in [-0.25, -0.2) is 0 Å². The van der Waals surface area contributed by atoms with Gasteiger partial charge in [0.05, 0.1) is 6.10 Å². The lowest BCUT2D eigenvalue weighted by atomic mass is 9.92. The minimum Gasteiger partial charge on any atom is -0.380 e. The molecule has 3 heteroatoms. The first-order chi connectivity index (χ1) is 7.80. The Bertz CT molecular complexity index is 163. The molecule has 1 heterocycles. The normalized spacial score (nSPS) is 21.2. The van der Waals surface area contributed by atoms with Gasteiger partial charge in [0, 0.05) is 20.2 Å². The number of nitrogens with zero attached hydrogens (tertiary/aromatic N) is 1. The van der Waals surface area contributed by atoms with Crippen LogP contribution in [0.2, 0.25) is 0 Å². The van der Waals surface area contributed by atoms with Gasteiger partial charge in [0.2, 0.25) is 0 Å². The molecular weight excluding hydrogens is 200 g/mol. The number of nitrogens with two attached hydrogens (primary N) is 1. The van der Waals surface area contributed by atoms with Crippen molar-refractivity contribution in [2.24, 2.45) is 11.7 Å². The zero-order chi connectivity index (χ0) is 11.8. The van der Waals surface area contributed by atoms with Gasteiger partial charge >= 0.3 is 0 Å². The average Bonchev–Trinajstić information content (AvgIpc) is 2.33. The van der Waals surface area contributed by atoms with Crippen LogP contribution in [0.15, 0.2) is 0 Å². The van der Waals surface area contributed by atoms with Crippen molar-refractivity contribution in [3.63, 3.8) is 0 Å². The first-order valence-corrected chi connectivity index (χ1v) is 6.75. The highest BCUT2D eigenvalue weighted by Gasteiger charge is 2.18. The number of hydrogen-bond donors (Lipinski definition) is 1. The summed E-state index contributed by atoms with van der Waals surface area (Å²) < 4.78 is 5.30. The molecule has 1 saturated heterocycles. The van der Waals surface area contributed by atoms with Gasteiger partial charge in [0.15, 0.2) is 0 Å². The number of methoxy groups -OCH3 is 1. The molecule has 0 aromatic rings. The second kappa shape index (κ2) is 8.04. The summed E-state index contributed by atoms with van der Waals surface area (Å²) in [5.74, 6) is 0.981. The number of likely N-dealkylation sites (tertiary alicyclic amines) is 1. The fourth-order valence-electron chi connectivity index (χ4n) is 2.57. The highest BCUT2D eigenvalue weighted by atomic mass is 16.5. The molecule has 0 aliphatic carbocycles. The van der Waals surface area contributed by atoms with E-state index in [0.717, 1.165) is 18.9 Å². The van der Waals surface area contributed by atoms with Crippen molar-refractivity contribution < 1.29 is 4.74 Å². The third-order valence-electron chi connectivity index (χ3n) is 3.77. The molecule has 0 amide bonds. The van der Waals surface area contributed by atoms with Crippen molar-refractivity contribution in [3.05, 3.63) is 0 Å². The van der Waals surface area contributed by atoms with Crippen LogP contribution in [0.5, 0.6) is 0 Å². The van der Waals surface area contributed by atoms with Crippen molar-refractivity contribution in [3.8, 4) is 0 Å². The lowest BCUT2D eigenvalue weighted by Crippen LogP contribution is -2.36. The molecule has 2 N–H and O–H groups in total. The Morgan fingerprint density at radius 3 is 2.56 bits per heavy atom. The number of hydrogen-bond acceptors (Lipinski definition) is 3. The molecule has 1 aliphatic heterocycles. The molecular formula is C13H28N2O. The van der Waals surface area contributed by atoms with E-state index in [1.54, 1.807) is 7.11 Å². The van der Waals surface area contributed by atoms with Gasteiger partial charge < -0.3 is 15.4 Å². The Kier molecular flexibility index (Phi) is 7.01. The second-order valence-corrected chi connectivity index (χ2v) is 4.96. The Morgan fingerprint density at radius 1 is 1.38 bits per heavy atom. The fourth-order valence-corrected chi connectivity index (χ4v) is 2.57. The van der Waals surface area contributed by atoms with Crippen LogP contribution < -0.4 is 5.73 Å². The van der Waals surface area contributed by atoms with Crippen molar-refractivity contribution in [1.29, 1.82) is 0 Å². The van der Waals surface area contributed by atoms with E-state index in [0.29, 0.717) is 6.54 Å². The van der Waals surface area contributed by atoms with E-state index < -0.39 is 0 Å². The maximum Gasteiger partial charge on any atom is 0.0705 e. The van der Waals surface area contributed by atoms with Crippen LogP contribution in [0.25, 0.3) is 0 Å².